The van der Waals surface area contributed by atoms with Gasteiger partial charge in [-0.05, 0) is 24.3 Å². The van der Waals surface area contributed by atoms with Gasteiger partial charge in [0.1, 0.15) is 16.7 Å². The molecule has 120 valence electrons. The number of amides is 1. The Balaban J connectivity index is 1.81. The second kappa shape index (κ2) is 6.71. The van der Waals surface area contributed by atoms with Crippen molar-refractivity contribution in [3.8, 4) is 0 Å². The van der Waals surface area contributed by atoms with Crippen LogP contribution in [0.25, 0.3) is 10.1 Å². The van der Waals surface area contributed by atoms with Gasteiger partial charge in [-0.1, -0.05) is 34.8 Å². The van der Waals surface area contributed by atoms with Crippen LogP contribution in [0.2, 0.25) is 15.1 Å². The van der Waals surface area contributed by atoms with E-state index in [0.717, 1.165) is 4.70 Å². The van der Waals surface area contributed by atoms with Crippen LogP contribution in [0.4, 0.5) is 0 Å². The first-order valence-electron chi connectivity index (χ1n) is 6.54. The number of aliphatic hydroxyl groups excluding tert-OH is 1. The minimum atomic E-state index is -0.930. The fraction of sp³-hybridized carbons (Fsp3) is 0.133. The second-order valence-electron chi connectivity index (χ2n) is 4.75. The molecule has 4 nitrogen and oxygen atoms in total. The Bertz CT molecular complexity index is 861. The summed E-state index contributed by atoms with van der Waals surface area (Å²) < 4.78 is 5.80. The number of carbonyl (C=O) groups is 1. The number of furan rings is 1. The third kappa shape index (κ3) is 3.34. The molecule has 1 unspecified atom stereocenters. The largest absolute Gasteiger partial charge is 0.467 e. The van der Waals surface area contributed by atoms with Crippen molar-refractivity contribution in [1.29, 1.82) is 0 Å². The predicted molar refractivity (Wildman–Crippen MR) is 92.9 cm³/mol. The van der Waals surface area contributed by atoms with E-state index in [4.69, 9.17) is 39.2 Å². The number of carbonyl (C=O) groups excluding carboxylic acids is 1. The number of hydrogen-bond acceptors (Lipinski definition) is 4. The van der Waals surface area contributed by atoms with Crippen LogP contribution in [-0.2, 0) is 0 Å². The minimum Gasteiger partial charge on any atom is -0.467 e. The lowest BCUT2D eigenvalue weighted by molar-refractivity contribution is 0.0905. The molecule has 0 bridgehead atoms. The highest BCUT2D eigenvalue weighted by Crippen LogP contribution is 2.41. The first kappa shape index (κ1) is 16.6. The summed E-state index contributed by atoms with van der Waals surface area (Å²) in [6.07, 6.45) is 0.523. The molecular weight excluding hydrogens is 381 g/mol. The van der Waals surface area contributed by atoms with Crippen molar-refractivity contribution in [2.75, 3.05) is 6.54 Å². The topological polar surface area (TPSA) is 62.5 Å². The van der Waals surface area contributed by atoms with Crippen LogP contribution in [0.1, 0.15) is 21.5 Å². The van der Waals surface area contributed by atoms with Crippen molar-refractivity contribution in [2.45, 2.75) is 6.10 Å². The van der Waals surface area contributed by atoms with Crippen molar-refractivity contribution in [3.05, 3.63) is 56.2 Å². The van der Waals surface area contributed by atoms with Crippen LogP contribution < -0.4 is 5.32 Å². The minimum absolute atomic E-state index is 0.00537. The summed E-state index contributed by atoms with van der Waals surface area (Å²) in [7, 11) is 0. The van der Waals surface area contributed by atoms with E-state index < -0.39 is 12.0 Å². The van der Waals surface area contributed by atoms with Gasteiger partial charge in [-0.15, -0.1) is 11.3 Å². The lowest BCUT2D eigenvalue weighted by Crippen LogP contribution is -2.27. The number of nitrogens with one attached hydrogen (secondary N) is 1. The molecule has 0 aliphatic heterocycles. The van der Waals surface area contributed by atoms with Gasteiger partial charge in [0, 0.05) is 15.1 Å². The number of halogens is 3. The number of aliphatic hydroxyl groups is 1. The molecule has 1 aromatic carbocycles. The lowest BCUT2D eigenvalue weighted by Gasteiger charge is -2.08. The summed E-state index contributed by atoms with van der Waals surface area (Å²) in [5.41, 5.74) is 0. The van der Waals surface area contributed by atoms with E-state index in [-0.39, 0.29) is 11.6 Å². The van der Waals surface area contributed by atoms with Crippen LogP contribution in [0.3, 0.4) is 0 Å². The van der Waals surface area contributed by atoms with Gasteiger partial charge < -0.3 is 14.8 Å². The normalized spacial score (nSPS) is 12.5. The quantitative estimate of drug-likeness (QED) is 0.665. The number of thiophene rings is 1. The van der Waals surface area contributed by atoms with E-state index in [1.54, 1.807) is 24.3 Å². The lowest BCUT2D eigenvalue weighted by atomic mass is 10.2. The molecule has 1 amide bonds. The average Bonchev–Trinajstić information content (AvgIpc) is 3.12. The zero-order valence-electron chi connectivity index (χ0n) is 11.5. The molecule has 23 heavy (non-hydrogen) atoms. The maximum Gasteiger partial charge on any atom is 0.263 e. The highest BCUT2D eigenvalue weighted by atomic mass is 35.5. The van der Waals surface area contributed by atoms with Crippen molar-refractivity contribution >= 4 is 62.1 Å². The molecule has 2 aromatic heterocycles. The Morgan fingerprint density at radius 3 is 2.83 bits per heavy atom. The van der Waals surface area contributed by atoms with E-state index in [0.29, 0.717) is 26.1 Å². The van der Waals surface area contributed by atoms with Crippen molar-refractivity contribution in [3.63, 3.8) is 0 Å². The summed E-state index contributed by atoms with van der Waals surface area (Å²) in [4.78, 5) is 12.6. The fourth-order valence-corrected chi connectivity index (χ4v) is 4.40. The van der Waals surface area contributed by atoms with E-state index in [1.807, 2.05) is 0 Å². The summed E-state index contributed by atoms with van der Waals surface area (Å²) in [6.45, 7) is 0.00537. The zero-order chi connectivity index (χ0) is 16.6. The van der Waals surface area contributed by atoms with E-state index >= 15 is 0 Å². The van der Waals surface area contributed by atoms with Crippen LogP contribution in [0.5, 0.6) is 0 Å². The summed E-state index contributed by atoms with van der Waals surface area (Å²) in [5, 5.41) is 14.3. The van der Waals surface area contributed by atoms with Crippen LogP contribution in [-0.4, -0.2) is 17.6 Å². The molecule has 0 fully saturated rings. The predicted octanol–water partition coefficient (Wildman–Crippen LogP) is 4.92. The Hall–Kier alpha value is -1.24. The Kier molecular flexibility index (Phi) is 4.85. The Morgan fingerprint density at radius 1 is 1.35 bits per heavy atom. The maximum atomic E-state index is 12.3. The highest BCUT2D eigenvalue weighted by Gasteiger charge is 2.20. The van der Waals surface area contributed by atoms with Gasteiger partial charge in [-0.3, -0.25) is 4.79 Å². The van der Waals surface area contributed by atoms with Crippen LogP contribution >= 0.6 is 46.1 Å². The number of rotatable bonds is 4. The smallest absolute Gasteiger partial charge is 0.263 e. The molecular formula is C15H10Cl3NO3S. The summed E-state index contributed by atoms with van der Waals surface area (Å²) in [5.74, 6) is -0.0171. The molecule has 3 rings (SSSR count). The first-order valence-corrected chi connectivity index (χ1v) is 8.49. The average molecular weight is 391 g/mol. The third-order valence-corrected chi connectivity index (χ3v) is 5.33. The monoisotopic (exact) mass is 389 g/mol. The molecule has 0 saturated heterocycles. The molecule has 2 N–H and O–H groups in total. The van der Waals surface area contributed by atoms with E-state index in [1.165, 1.54) is 17.6 Å². The molecule has 8 heteroatoms. The van der Waals surface area contributed by atoms with Gasteiger partial charge >= 0.3 is 0 Å². The third-order valence-electron chi connectivity index (χ3n) is 3.18. The van der Waals surface area contributed by atoms with Gasteiger partial charge in [0.05, 0.1) is 22.9 Å². The van der Waals surface area contributed by atoms with Gasteiger partial charge in [-0.25, -0.2) is 0 Å². The van der Waals surface area contributed by atoms with Crippen molar-refractivity contribution in [1.82, 2.24) is 5.32 Å². The Labute approximate surface area is 150 Å². The molecule has 0 spiro atoms. The summed E-state index contributed by atoms with van der Waals surface area (Å²) >= 11 is 19.6. The van der Waals surface area contributed by atoms with Crippen LogP contribution in [0, 0.1) is 0 Å². The zero-order valence-corrected chi connectivity index (χ0v) is 14.6. The van der Waals surface area contributed by atoms with Crippen LogP contribution in [0.15, 0.2) is 34.9 Å². The summed E-state index contributed by atoms with van der Waals surface area (Å²) in [6, 6.07) is 6.57. The molecule has 1 atom stereocenters. The molecule has 3 aromatic rings. The van der Waals surface area contributed by atoms with Gasteiger partial charge in [0.2, 0.25) is 0 Å². The maximum absolute atomic E-state index is 12.3. The first-order chi connectivity index (χ1) is 11.0. The molecule has 0 aliphatic rings. The molecule has 0 aliphatic carbocycles. The van der Waals surface area contributed by atoms with Gasteiger partial charge in [-0.2, -0.15) is 0 Å². The fourth-order valence-electron chi connectivity index (χ4n) is 2.11. The van der Waals surface area contributed by atoms with Gasteiger partial charge in [0.15, 0.2) is 0 Å². The SMILES string of the molecule is O=C(NCC(O)c1ccco1)c1sc2cc(Cl)cc(Cl)c2c1Cl. The van der Waals surface area contributed by atoms with E-state index in [9.17, 15) is 9.90 Å². The Morgan fingerprint density at radius 2 is 2.13 bits per heavy atom. The van der Waals surface area contributed by atoms with Crippen molar-refractivity contribution in [2.24, 2.45) is 0 Å². The number of hydrogen-bond donors (Lipinski definition) is 2. The number of benzene rings is 1. The van der Waals surface area contributed by atoms with Gasteiger partial charge in [0.25, 0.3) is 5.91 Å². The number of fused-ring (bicyclic) bond motifs is 1. The molecule has 0 radical (unpaired) electrons. The molecule has 2 heterocycles. The standard InChI is InChI=1S/C15H10Cl3NO3S/c16-7-4-8(17)12-11(5-7)23-14(13(12)18)15(21)19-6-9(20)10-2-1-3-22-10/h1-5,9,20H,6H2,(H,19,21). The second-order valence-corrected chi connectivity index (χ2v) is 7.02. The highest BCUT2D eigenvalue weighted by molar-refractivity contribution is 7.21. The van der Waals surface area contributed by atoms with E-state index in [2.05, 4.69) is 5.32 Å². The van der Waals surface area contributed by atoms with Crippen molar-refractivity contribution < 1.29 is 14.3 Å². The molecule has 0 saturated carbocycles.